The van der Waals surface area contributed by atoms with Crippen molar-refractivity contribution in [3.05, 3.63) is 80.6 Å². The fourth-order valence-corrected chi connectivity index (χ4v) is 2.92. The molecule has 0 aliphatic rings. The third-order valence-electron chi connectivity index (χ3n) is 4.09. The van der Waals surface area contributed by atoms with E-state index in [-0.39, 0.29) is 24.3 Å². The molecule has 0 radical (unpaired) electrons. The Kier molecular flexibility index (Phi) is 6.32. The Morgan fingerprint density at radius 3 is 2.66 bits per heavy atom. The first-order valence-corrected chi connectivity index (χ1v) is 9.21. The summed E-state index contributed by atoms with van der Waals surface area (Å²) in [5.74, 6) is -0.0811. The molecule has 0 saturated carbocycles. The third-order valence-corrected chi connectivity index (χ3v) is 4.33. The number of rotatable bonds is 6. The molecule has 7 heteroatoms. The van der Waals surface area contributed by atoms with Crippen LogP contribution < -0.4 is 10.3 Å². The first-order chi connectivity index (χ1) is 14.0. The lowest BCUT2D eigenvalue weighted by Crippen LogP contribution is -2.08. The van der Waals surface area contributed by atoms with Crippen LogP contribution in [0.4, 0.5) is 0 Å². The molecule has 0 spiro atoms. The van der Waals surface area contributed by atoms with Crippen LogP contribution in [0.3, 0.4) is 0 Å². The van der Waals surface area contributed by atoms with E-state index in [1.54, 1.807) is 49.4 Å². The highest BCUT2D eigenvalue weighted by Crippen LogP contribution is 2.22. The maximum Gasteiger partial charge on any atom is 0.348 e. The van der Waals surface area contributed by atoms with Crippen molar-refractivity contribution in [1.29, 1.82) is 5.26 Å². The van der Waals surface area contributed by atoms with Crippen molar-refractivity contribution in [3.8, 4) is 11.8 Å². The van der Waals surface area contributed by atoms with Gasteiger partial charge in [-0.2, -0.15) is 5.26 Å². The van der Waals surface area contributed by atoms with E-state index in [1.807, 2.05) is 6.07 Å². The molecular formula is C22H17ClN2O4. The molecule has 0 saturated heterocycles. The Labute approximate surface area is 172 Å². The Hall–Kier alpha value is -3.56. The first-order valence-electron chi connectivity index (χ1n) is 8.83. The van der Waals surface area contributed by atoms with E-state index in [9.17, 15) is 9.59 Å². The van der Waals surface area contributed by atoms with E-state index in [4.69, 9.17) is 26.3 Å². The molecule has 1 heterocycles. The topological polar surface area (TPSA) is 92.2 Å². The molecule has 3 aromatic rings. The van der Waals surface area contributed by atoms with Gasteiger partial charge < -0.3 is 14.5 Å². The molecule has 0 aliphatic heterocycles. The van der Waals surface area contributed by atoms with Gasteiger partial charge in [0.25, 0.3) is 0 Å². The standard InChI is InChI=1S/C22H17ClN2O4/c1-2-28-22(27)15(12-24)9-14-3-6-18(7-4-14)29-13-16-10-21(26)25-20-8-5-17(23)11-19(16)20/h3-11H,2,13H2,1H3,(H,25,26). The highest BCUT2D eigenvalue weighted by Gasteiger charge is 2.10. The summed E-state index contributed by atoms with van der Waals surface area (Å²) in [5.41, 5.74) is 1.76. The molecule has 0 unspecified atom stereocenters. The van der Waals surface area contributed by atoms with Crippen LogP contribution in [0, 0.1) is 11.3 Å². The molecule has 6 nitrogen and oxygen atoms in total. The quantitative estimate of drug-likeness (QED) is 0.374. The number of nitrogens with one attached hydrogen (secondary N) is 1. The van der Waals surface area contributed by atoms with Crippen LogP contribution in [0.2, 0.25) is 5.02 Å². The summed E-state index contributed by atoms with van der Waals surface area (Å²) in [6.07, 6.45) is 1.45. The minimum absolute atomic E-state index is 0.0765. The first kappa shape index (κ1) is 20.2. The molecule has 146 valence electrons. The normalized spacial score (nSPS) is 11.1. The Bertz CT molecular complexity index is 1170. The fraction of sp³-hybridized carbons (Fsp3) is 0.136. The number of halogens is 1. The zero-order valence-corrected chi connectivity index (χ0v) is 16.3. The second-order valence-electron chi connectivity index (χ2n) is 6.10. The van der Waals surface area contributed by atoms with Crippen LogP contribution in [0.15, 0.2) is 58.9 Å². The monoisotopic (exact) mass is 408 g/mol. The zero-order chi connectivity index (χ0) is 20.8. The van der Waals surface area contributed by atoms with E-state index in [0.717, 1.165) is 5.39 Å². The molecular weight excluding hydrogens is 392 g/mol. The van der Waals surface area contributed by atoms with Crippen LogP contribution in [-0.4, -0.2) is 17.6 Å². The number of carbonyl (C=O) groups excluding carboxylic acids is 1. The molecule has 0 atom stereocenters. The van der Waals surface area contributed by atoms with Gasteiger partial charge in [0.05, 0.1) is 6.61 Å². The third kappa shape index (κ3) is 5.03. The van der Waals surface area contributed by atoms with Crippen LogP contribution in [0.25, 0.3) is 17.0 Å². The average molecular weight is 409 g/mol. The largest absolute Gasteiger partial charge is 0.489 e. The Morgan fingerprint density at radius 1 is 1.21 bits per heavy atom. The van der Waals surface area contributed by atoms with Crippen molar-refractivity contribution in [2.24, 2.45) is 0 Å². The van der Waals surface area contributed by atoms with Gasteiger partial charge in [-0.15, -0.1) is 0 Å². The minimum Gasteiger partial charge on any atom is -0.489 e. The van der Waals surface area contributed by atoms with Gasteiger partial charge >= 0.3 is 5.97 Å². The zero-order valence-electron chi connectivity index (χ0n) is 15.6. The van der Waals surface area contributed by atoms with E-state index >= 15 is 0 Å². The van der Waals surface area contributed by atoms with Gasteiger partial charge in [-0.3, -0.25) is 4.79 Å². The number of nitrogens with zero attached hydrogens (tertiary/aromatic N) is 1. The van der Waals surface area contributed by atoms with E-state index in [1.165, 1.54) is 12.1 Å². The van der Waals surface area contributed by atoms with Crippen LogP contribution >= 0.6 is 11.6 Å². The predicted octanol–water partition coefficient (Wildman–Crippen LogP) is 4.23. The number of pyridine rings is 1. The minimum atomic E-state index is -0.657. The Balaban J connectivity index is 1.77. The molecule has 0 bridgehead atoms. The molecule has 0 aliphatic carbocycles. The number of H-pyrrole nitrogens is 1. The van der Waals surface area contributed by atoms with Crippen molar-refractivity contribution in [3.63, 3.8) is 0 Å². The van der Waals surface area contributed by atoms with Gasteiger partial charge in [-0.05, 0) is 48.9 Å². The Morgan fingerprint density at radius 2 is 1.97 bits per heavy atom. The lowest BCUT2D eigenvalue weighted by Gasteiger charge is -2.09. The van der Waals surface area contributed by atoms with Crippen molar-refractivity contribution in [2.75, 3.05) is 6.61 Å². The number of carbonyl (C=O) groups is 1. The molecule has 29 heavy (non-hydrogen) atoms. The summed E-state index contributed by atoms with van der Waals surface area (Å²) >= 11 is 6.07. The van der Waals surface area contributed by atoms with Crippen molar-refractivity contribution in [1.82, 2.24) is 4.98 Å². The molecule has 0 fully saturated rings. The number of aromatic amines is 1. The van der Waals surface area contributed by atoms with Crippen molar-refractivity contribution >= 4 is 34.5 Å². The van der Waals surface area contributed by atoms with Gasteiger partial charge in [-0.1, -0.05) is 23.7 Å². The number of nitriles is 1. The second-order valence-corrected chi connectivity index (χ2v) is 6.53. The van der Waals surface area contributed by atoms with Gasteiger partial charge in [0.2, 0.25) is 5.56 Å². The maximum absolute atomic E-state index is 11.9. The van der Waals surface area contributed by atoms with E-state index in [0.29, 0.717) is 27.4 Å². The van der Waals surface area contributed by atoms with Gasteiger partial charge in [-0.25, -0.2) is 4.79 Å². The summed E-state index contributed by atoms with van der Waals surface area (Å²) in [5, 5.41) is 10.5. The van der Waals surface area contributed by atoms with Crippen LogP contribution in [-0.2, 0) is 16.1 Å². The van der Waals surface area contributed by atoms with E-state index in [2.05, 4.69) is 4.98 Å². The molecule has 2 aromatic carbocycles. The number of ether oxygens (including phenoxy) is 2. The second kappa shape index (κ2) is 9.09. The summed E-state index contributed by atoms with van der Waals surface area (Å²) in [6.45, 7) is 2.06. The predicted molar refractivity (Wildman–Crippen MR) is 111 cm³/mol. The average Bonchev–Trinajstić information content (AvgIpc) is 2.71. The van der Waals surface area contributed by atoms with Gasteiger partial charge in [0.15, 0.2) is 0 Å². The molecule has 1 N–H and O–H groups in total. The number of hydrogen-bond donors (Lipinski definition) is 1. The lowest BCUT2D eigenvalue weighted by atomic mass is 10.1. The van der Waals surface area contributed by atoms with Crippen LogP contribution in [0.5, 0.6) is 5.75 Å². The van der Waals surface area contributed by atoms with Crippen molar-refractivity contribution < 1.29 is 14.3 Å². The highest BCUT2D eigenvalue weighted by molar-refractivity contribution is 6.31. The molecule has 1 aromatic heterocycles. The summed E-state index contributed by atoms with van der Waals surface area (Å²) in [7, 11) is 0. The van der Waals surface area contributed by atoms with E-state index < -0.39 is 5.97 Å². The molecule has 0 amide bonds. The number of fused-ring (bicyclic) bond motifs is 1. The summed E-state index contributed by atoms with van der Waals surface area (Å²) in [4.78, 5) is 26.3. The highest BCUT2D eigenvalue weighted by atomic mass is 35.5. The van der Waals surface area contributed by atoms with Gasteiger partial charge in [0, 0.05) is 27.6 Å². The van der Waals surface area contributed by atoms with Crippen molar-refractivity contribution in [2.45, 2.75) is 13.5 Å². The number of hydrogen-bond acceptors (Lipinski definition) is 5. The number of esters is 1. The summed E-state index contributed by atoms with van der Waals surface area (Å²) in [6, 6.07) is 15.4. The SMILES string of the molecule is CCOC(=O)C(C#N)=Cc1ccc(OCc2cc(=O)[nH]c3ccc(Cl)cc23)cc1. The number of aromatic nitrogens is 1. The van der Waals surface area contributed by atoms with Gasteiger partial charge in [0.1, 0.15) is 24.0 Å². The summed E-state index contributed by atoms with van der Waals surface area (Å²) < 4.78 is 10.6. The smallest absolute Gasteiger partial charge is 0.348 e. The fourth-order valence-electron chi connectivity index (χ4n) is 2.75. The lowest BCUT2D eigenvalue weighted by molar-refractivity contribution is -0.137. The number of benzene rings is 2. The molecule has 3 rings (SSSR count). The maximum atomic E-state index is 11.9. The van der Waals surface area contributed by atoms with Crippen LogP contribution in [0.1, 0.15) is 18.1 Å².